The van der Waals surface area contributed by atoms with Gasteiger partial charge in [-0.25, -0.2) is 21.6 Å². The summed E-state index contributed by atoms with van der Waals surface area (Å²) < 4.78 is 51.6. The highest BCUT2D eigenvalue weighted by Crippen LogP contribution is 2.25. The van der Waals surface area contributed by atoms with Crippen LogP contribution in [-0.2, 0) is 33.5 Å². The van der Waals surface area contributed by atoms with E-state index in [1.54, 1.807) is 14.0 Å². The Balaban J connectivity index is 2.28. The van der Waals surface area contributed by atoms with Crippen molar-refractivity contribution in [3.8, 4) is 0 Å². The Bertz CT molecular complexity index is 720. The molecule has 0 amide bonds. The number of aliphatic hydroxyl groups excluding tert-OH is 1. The molecule has 1 unspecified atom stereocenters. The van der Waals surface area contributed by atoms with Crippen LogP contribution in [0.25, 0.3) is 0 Å². The van der Waals surface area contributed by atoms with Crippen LogP contribution in [0.3, 0.4) is 0 Å². The quantitative estimate of drug-likeness (QED) is 0.768. The predicted molar refractivity (Wildman–Crippen MR) is 73.3 cm³/mol. The number of aliphatic hydroxyl groups is 1. The Labute approximate surface area is 118 Å². The second-order valence-electron chi connectivity index (χ2n) is 5.44. The maximum absolute atomic E-state index is 12.3. The summed E-state index contributed by atoms with van der Waals surface area (Å²) >= 11 is 0. The van der Waals surface area contributed by atoms with Crippen molar-refractivity contribution in [3.05, 3.63) is 18.0 Å². The lowest BCUT2D eigenvalue weighted by molar-refractivity contribution is 0.272. The van der Waals surface area contributed by atoms with E-state index < -0.39 is 25.4 Å². The zero-order valence-electron chi connectivity index (χ0n) is 11.3. The van der Waals surface area contributed by atoms with Crippen molar-refractivity contribution >= 4 is 19.9 Å². The van der Waals surface area contributed by atoms with Crippen LogP contribution in [0, 0.1) is 0 Å². The monoisotopic (exact) mass is 322 g/mol. The second kappa shape index (κ2) is 4.83. The summed E-state index contributed by atoms with van der Waals surface area (Å²) in [4.78, 5) is 0.0228. The summed E-state index contributed by atoms with van der Waals surface area (Å²) in [7, 11) is -5.37. The Morgan fingerprint density at radius 3 is 2.60 bits per heavy atom. The van der Waals surface area contributed by atoms with Gasteiger partial charge in [-0.3, -0.25) is 0 Å². The third-order valence-electron chi connectivity index (χ3n) is 3.44. The van der Waals surface area contributed by atoms with Gasteiger partial charge in [-0.2, -0.15) is 0 Å². The number of aryl methyl sites for hydroxylation is 1. The molecule has 0 aliphatic carbocycles. The third-order valence-corrected chi connectivity index (χ3v) is 6.95. The van der Waals surface area contributed by atoms with Gasteiger partial charge in [-0.15, -0.1) is 0 Å². The molecule has 114 valence electrons. The molecule has 2 rings (SSSR count). The third kappa shape index (κ3) is 3.05. The highest BCUT2D eigenvalue weighted by Gasteiger charge is 2.41. The van der Waals surface area contributed by atoms with E-state index >= 15 is 0 Å². The first kappa shape index (κ1) is 15.5. The van der Waals surface area contributed by atoms with Crippen LogP contribution in [0.4, 0.5) is 0 Å². The average molecular weight is 322 g/mol. The average Bonchev–Trinajstić information content (AvgIpc) is 2.79. The topological polar surface area (TPSA) is 105 Å². The molecule has 7 nitrogen and oxygen atoms in total. The Morgan fingerprint density at radius 2 is 2.15 bits per heavy atom. The number of rotatable bonds is 4. The van der Waals surface area contributed by atoms with Gasteiger partial charge in [0.2, 0.25) is 10.0 Å². The van der Waals surface area contributed by atoms with E-state index in [-0.39, 0.29) is 29.4 Å². The minimum Gasteiger partial charge on any atom is -0.390 e. The summed E-state index contributed by atoms with van der Waals surface area (Å²) in [5, 5.41) is 9.09. The molecule has 1 fully saturated rings. The molecule has 0 bridgehead atoms. The summed E-state index contributed by atoms with van der Waals surface area (Å²) in [6.45, 7) is 1.32. The molecule has 2 N–H and O–H groups in total. The Morgan fingerprint density at radius 1 is 1.50 bits per heavy atom. The van der Waals surface area contributed by atoms with E-state index in [9.17, 15) is 16.8 Å². The van der Waals surface area contributed by atoms with Gasteiger partial charge in [0.1, 0.15) is 0 Å². The fourth-order valence-electron chi connectivity index (χ4n) is 2.36. The second-order valence-corrected chi connectivity index (χ2v) is 9.31. The molecule has 1 saturated heterocycles. The molecule has 2 heterocycles. The molecule has 0 radical (unpaired) electrons. The molecule has 0 saturated carbocycles. The van der Waals surface area contributed by atoms with Crippen molar-refractivity contribution in [3.63, 3.8) is 0 Å². The van der Waals surface area contributed by atoms with Crippen molar-refractivity contribution in [1.29, 1.82) is 0 Å². The van der Waals surface area contributed by atoms with Crippen LogP contribution in [-0.4, -0.2) is 43.6 Å². The van der Waals surface area contributed by atoms with Crippen molar-refractivity contribution < 1.29 is 21.9 Å². The number of sulfonamides is 1. The largest absolute Gasteiger partial charge is 0.390 e. The Kier molecular flexibility index (Phi) is 3.74. The molecule has 1 aromatic heterocycles. The van der Waals surface area contributed by atoms with E-state index in [0.29, 0.717) is 5.69 Å². The first-order chi connectivity index (χ1) is 9.07. The molecule has 0 spiro atoms. The first-order valence-corrected chi connectivity index (χ1v) is 9.38. The number of nitrogens with zero attached hydrogens (tertiary/aromatic N) is 1. The highest BCUT2D eigenvalue weighted by atomic mass is 32.2. The van der Waals surface area contributed by atoms with Crippen LogP contribution >= 0.6 is 0 Å². The van der Waals surface area contributed by atoms with Crippen molar-refractivity contribution in [1.82, 2.24) is 9.29 Å². The lowest BCUT2D eigenvalue weighted by atomic mass is 10.0. The smallest absolute Gasteiger partial charge is 0.242 e. The summed E-state index contributed by atoms with van der Waals surface area (Å²) in [6.07, 6.45) is 1.65. The molecule has 20 heavy (non-hydrogen) atoms. The molecule has 9 heteroatoms. The van der Waals surface area contributed by atoms with E-state index in [1.807, 2.05) is 0 Å². The van der Waals surface area contributed by atoms with E-state index in [4.69, 9.17) is 5.11 Å². The minimum absolute atomic E-state index is 0.0112. The molecule has 1 aliphatic heterocycles. The van der Waals surface area contributed by atoms with Crippen LogP contribution < -0.4 is 4.72 Å². The number of hydrogen-bond acceptors (Lipinski definition) is 5. The fourth-order valence-corrected chi connectivity index (χ4v) is 6.07. The lowest BCUT2D eigenvalue weighted by Gasteiger charge is -2.23. The number of nitrogens with one attached hydrogen (secondary N) is 1. The number of aromatic nitrogens is 1. The van der Waals surface area contributed by atoms with Crippen molar-refractivity contribution in [2.24, 2.45) is 7.05 Å². The minimum atomic E-state index is -3.81. The maximum atomic E-state index is 12.3. The molecular formula is C11H18N2O5S2. The Hall–Kier alpha value is -0.900. The van der Waals surface area contributed by atoms with Gasteiger partial charge in [0.25, 0.3) is 0 Å². The van der Waals surface area contributed by atoms with Crippen LogP contribution in [0.2, 0.25) is 0 Å². The van der Waals surface area contributed by atoms with E-state index in [1.165, 1.54) is 16.8 Å². The molecule has 0 aromatic carbocycles. The summed E-state index contributed by atoms with van der Waals surface area (Å²) in [5.74, 6) is -0.207. The van der Waals surface area contributed by atoms with Gasteiger partial charge in [-0.05, 0) is 19.4 Å². The molecule has 1 aromatic rings. The normalized spacial score (nSPS) is 25.9. The van der Waals surface area contributed by atoms with Gasteiger partial charge in [-0.1, -0.05) is 0 Å². The summed E-state index contributed by atoms with van der Waals surface area (Å²) in [5.41, 5.74) is -0.512. The van der Waals surface area contributed by atoms with E-state index in [0.717, 1.165) is 0 Å². The van der Waals surface area contributed by atoms with Gasteiger partial charge >= 0.3 is 0 Å². The highest BCUT2D eigenvalue weighted by molar-refractivity contribution is 7.92. The standard InChI is InChI=1S/C11H18N2O5S2/c1-11(3-4-19(15,16)8-11)12-20(17,18)10-5-9(7-14)13(2)6-10/h5-6,12,14H,3-4,7-8H2,1-2H3. The predicted octanol–water partition coefficient (Wildman–Crippen LogP) is -0.627. The summed E-state index contributed by atoms with van der Waals surface area (Å²) in [6, 6.07) is 1.37. The van der Waals surface area contributed by atoms with Gasteiger partial charge in [0.05, 0.1) is 23.0 Å². The molecule has 1 aliphatic rings. The van der Waals surface area contributed by atoms with Gasteiger partial charge in [0, 0.05) is 24.5 Å². The molecule has 1 atom stereocenters. The SMILES string of the molecule is Cn1cc(S(=O)(=O)NC2(C)CCS(=O)(=O)C2)cc1CO. The molecular weight excluding hydrogens is 304 g/mol. The first-order valence-electron chi connectivity index (χ1n) is 6.07. The van der Waals surface area contributed by atoms with Crippen molar-refractivity contribution in [2.75, 3.05) is 11.5 Å². The van der Waals surface area contributed by atoms with Crippen molar-refractivity contribution in [2.45, 2.75) is 30.4 Å². The zero-order valence-corrected chi connectivity index (χ0v) is 13.0. The van der Waals surface area contributed by atoms with E-state index in [2.05, 4.69) is 4.72 Å². The van der Waals surface area contributed by atoms with Crippen LogP contribution in [0.1, 0.15) is 19.0 Å². The lowest BCUT2D eigenvalue weighted by Crippen LogP contribution is -2.46. The van der Waals surface area contributed by atoms with Crippen LogP contribution in [0.15, 0.2) is 17.2 Å². The number of sulfone groups is 1. The zero-order chi connectivity index (χ0) is 15.2. The maximum Gasteiger partial charge on any atom is 0.242 e. The van der Waals surface area contributed by atoms with Gasteiger partial charge < -0.3 is 9.67 Å². The van der Waals surface area contributed by atoms with Gasteiger partial charge in [0.15, 0.2) is 9.84 Å². The fraction of sp³-hybridized carbons (Fsp3) is 0.636. The van der Waals surface area contributed by atoms with Crippen LogP contribution in [0.5, 0.6) is 0 Å². The number of hydrogen-bond donors (Lipinski definition) is 2.